The molecule has 4 nitrogen and oxygen atoms in total. The van der Waals surface area contributed by atoms with Gasteiger partial charge in [0.2, 0.25) is 0 Å². The summed E-state index contributed by atoms with van der Waals surface area (Å²) in [6.07, 6.45) is 0.00278. The van der Waals surface area contributed by atoms with Crippen LogP contribution in [0.4, 0.5) is 0 Å². The van der Waals surface area contributed by atoms with Crippen molar-refractivity contribution >= 4 is 17.2 Å². The predicted octanol–water partition coefficient (Wildman–Crippen LogP) is 2.83. The highest BCUT2D eigenvalue weighted by molar-refractivity contribution is 7.11. The molecule has 1 aliphatic carbocycles. The van der Waals surface area contributed by atoms with Gasteiger partial charge in [0.1, 0.15) is 4.88 Å². The van der Waals surface area contributed by atoms with E-state index in [9.17, 15) is 9.90 Å². The van der Waals surface area contributed by atoms with E-state index >= 15 is 0 Å². The summed E-state index contributed by atoms with van der Waals surface area (Å²) < 4.78 is 0. The average molecular weight is 316 g/mol. The van der Waals surface area contributed by atoms with Crippen LogP contribution in [0.2, 0.25) is 0 Å². The molecule has 2 atom stereocenters. The summed E-state index contributed by atoms with van der Waals surface area (Å²) in [5, 5.41) is 13.2. The Morgan fingerprint density at radius 1 is 1.36 bits per heavy atom. The zero-order chi connectivity index (χ0) is 15.9. The van der Waals surface area contributed by atoms with Gasteiger partial charge in [-0.1, -0.05) is 45.0 Å². The summed E-state index contributed by atoms with van der Waals surface area (Å²) in [5.41, 5.74) is 4.43. The Morgan fingerprint density at radius 3 is 2.82 bits per heavy atom. The highest BCUT2D eigenvalue weighted by atomic mass is 32.1. The lowest BCUT2D eigenvalue weighted by Gasteiger charge is -2.20. The molecule has 2 aromatic rings. The Balaban J connectivity index is 1.86. The lowest BCUT2D eigenvalue weighted by Crippen LogP contribution is -2.34. The third kappa shape index (κ3) is 2.66. The normalized spacial score (nSPS) is 20.7. The molecule has 1 aliphatic rings. The molecule has 0 aliphatic heterocycles. The topological polar surface area (TPSA) is 62.2 Å². The van der Waals surface area contributed by atoms with Crippen molar-refractivity contribution < 1.29 is 9.90 Å². The minimum atomic E-state index is -0.577. The van der Waals surface area contributed by atoms with Gasteiger partial charge in [-0.25, -0.2) is 4.98 Å². The second kappa shape index (κ2) is 5.48. The molecular formula is C17H20N2O2S. The predicted molar refractivity (Wildman–Crippen MR) is 87.2 cm³/mol. The highest BCUT2D eigenvalue weighted by Crippen LogP contribution is 2.33. The number of fused-ring (bicyclic) bond motifs is 1. The zero-order valence-corrected chi connectivity index (χ0v) is 13.8. The van der Waals surface area contributed by atoms with Crippen molar-refractivity contribution in [3.05, 3.63) is 51.5 Å². The number of nitrogens with zero attached hydrogens (tertiary/aromatic N) is 1. The van der Waals surface area contributed by atoms with E-state index < -0.39 is 6.10 Å². The minimum absolute atomic E-state index is 0.159. The summed E-state index contributed by atoms with van der Waals surface area (Å²) in [6.45, 7) is 6.12. The molecular weight excluding hydrogens is 296 g/mol. The van der Waals surface area contributed by atoms with Gasteiger partial charge in [0, 0.05) is 11.8 Å². The number of aliphatic hydroxyl groups is 1. The van der Waals surface area contributed by atoms with Crippen molar-refractivity contribution in [2.75, 3.05) is 0 Å². The quantitative estimate of drug-likeness (QED) is 0.895. The van der Waals surface area contributed by atoms with Gasteiger partial charge in [-0.05, 0) is 11.1 Å². The molecule has 3 rings (SSSR count). The van der Waals surface area contributed by atoms with Gasteiger partial charge in [-0.2, -0.15) is 0 Å². The Hall–Kier alpha value is -1.72. The van der Waals surface area contributed by atoms with E-state index in [2.05, 4.69) is 10.3 Å². The summed E-state index contributed by atoms with van der Waals surface area (Å²) in [7, 11) is 0. The standard InChI is InChI=1S/C17H20N2O2S/c1-17(2,3)15-14(22-9-18-15)16(21)19-13-11-7-5-4-6-10(11)8-12(13)20/h4-7,9,12-13,20H,8H2,1-3H3,(H,19,21)/t12-,13+/m0/s1. The average Bonchev–Trinajstić information content (AvgIpc) is 3.04. The van der Waals surface area contributed by atoms with Crippen LogP contribution in [0.1, 0.15) is 53.3 Å². The largest absolute Gasteiger partial charge is 0.390 e. The minimum Gasteiger partial charge on any atom is -0.390 e. The van der Waals surface area contributed by atoms with Crippen LogP contribution in [-0.4, -0.2) is 22.1 Å². The van der Waals surface area contributed by atoms with Crippen LogP contribution >= 0.6 is 11.3 Å². The van der Waals surface area contributed by atoms with Crippen molar-refractivity contribution in [2.24, 2.45) is 0 Å². The second-order valence-corrected chi connectivity index (χ2v) is 7.56. The molecule has 0 unspecified atom stereocenters. The van der Waals surface area contributed by atoms with E-state index in [1.54, 1.807) is 5.51 Å². The number of amides is 1. The van der Waals surface area contributed by atoms with Crippen LogP contribution in [0.15, 0.2) is 29.8 Å². The Bertz CT molecular complexity index is 703. The van der Waals surface area contributed by atoms with Gasteiger partial charge < -0.3 is 10.4 Å². The molecule has 1 heterocycles. The van der Waals surface area contributed by atoms with E-state index in [4.69, 9.17) is 0 Å². The van der Waals surface area contributed by atoms with Crippen molar-refractivity contribution in [1.82, 2.24) is 10.3 Å². The second-order valence-electron chi connectivity index (χ2n) is 6.70. The fourth-order valence-corrected chi connectivity index (χ4v) is 3.80. The number of nitrogens with one attached hydrogen (secondary N) is 1. The number of hydrogen-bond acceptors (Lipinski definition) is 4. The maximum absolute atomic E-state index is 12.6. The first-order chi connectivity index (χ1) is 10.4. The Kier molecular flexibility index (Phi) is 3.78. The van der Waals surface area contributed by atoms with Crippen LogP contribution in [0, 0.1) is 0 Å². The molecule has 0 saturated heterocycles. The lowest BCUT2D eigenvalue weighted by atomic mass is 9.91. The number of hydrogen-bond donors (Lipinski definition) is 2. The molecule has 0 fully saturated rings. The maximum Gasteiger partial charge on any atom is 0.263 e. The third-order valence-electron chi connectivity index (χ3n) is 3.97. The lowest BCUT2D eigenvalue weighted by molar-refractivity contribution is 0.0860. The molecule has 5 heteroatoms. The highest BCUT2D eigenvalue weighted by Gasteiger charge is 2.33. The molecule has 22 heavy (non-hydrogen) atoms. The summed E-state index contributed by atoms with van der Waals surface area (Å²) in [4.78, 5) is 17.6. The van der Waals surface area contributed by atoms with Crippen molar-refractivity contribution in [2.45, 2.75) is 44.8 Å². The number of aromatic nitrogens is 1. The van der Waals surface area contributed by atoms with Crippen LogP contribution in [0.3, 0.4) is 0 Å². The van der Waals surface area contributed by atoms with Crippen molar-refractivity contribution in [3.8, 4) is 0 Å². The first-order valence-electron chi connectivity index (χ1n) is 7.38. The number of carbonyl (C=O) groups excluding carboxylic acids is 1. The van der Waals surface area contributed by atoms with E-state index in [0.29, 0.717) is 11.3 Å². The van der Waals surface area contributed by atoms with Crippen LogP contribution in [0.25, 0.3) is 0 Å². The zero-order valence-electron chi connectivity index (χ0n) is 13.0. The number of thiazole rings is 1. The van der Waals surface area contributed by atoms with E-state index in [0.717, 1.165) is 16.8 Å². The molecule has 1 aromatic carbocycles. The molecule has 0 saturated carbocycles. The molecule has 1 aromatic heterocycles. The first kappa shape index (κ1) is 15.2. The summed E-state index contributed by atoms with van der Waals surface area (Å²) >= 11 is 1.35. The van der Waals surface area contributed by atoms with Crippen LogP contribution in [-0.2, 0) is 11.8 Å². The molecule has 0 radical (unpaired) electrons. The first-order valence-corrected chi connectivity index (χ1v) is 8.26. The summed E-state index contributed by atoms with van der Waals surface area (Å²) in [5.74, 6) is -0.159. The van der Waals surface area contributed by atoms with Crippen molar-refractivity contribution in [1.29, 1.82) is 0 Å². The van der Waals surface area contributed by atoms with Crippen LogP contribution in [0.5, 0.6) is 0 Å². The molecule has 2 N–H and O–H groups in total. The van der Waals surface area contributed by atoms with E-state index in [-0.39, 0.29) is 17.4 Å². The number of benzene rings is 1. The Labute approximate surface area is 134 Å². The summed E-state index contributed by atoms with van der Waals surface area (Å²) in [6, 6.07) is 7.50. The Morgan fingerprint density at radius 2 is 2.09 bits per heavy atom. The van der Waals surface area contributed by atoms with Crippen LogP contribution < -0.4 is 5.32 Å². The number of rotatable bonds is 2. The number of aliphatic hydroxyl groups excluding tert-OH is 1. The van der Waals surface area contributed by atoms with Gasteiger partial charge >= 0.3 is 0 Å². The molecule has 116 valence electrons. The third-order valence-corrected chi connectivity index (χ3v) is 4.80. The SMILES string of the molecule is CC(C)(C)c1ncsc1C(=O)N[C@@H]1c2ccccc2C[C@@H]1O. The van der Waals surface area contributed by atoms with Gasteiger partial charge in [0.15, 0.2) is 0 Å². The molecule has 1 amide bonds. The molecule has 0 spiro atoms. The van der Waals surface area contributed by atoms with Gasteiger partial charge in [-0.3, -0.25) is 4.79 Å². The fraction of sp³-hybridized carbons (Fsp3) is 0.412. The van der Waals surface area contributed by atoms with Crippen molar-refractivity contribution in [3.63, 3.8) is 0 Å². The number of carbonyl (C=O) groups is 1. The maximum atomic E-state index is 12.6. The van der Waals surface area contributed by atoms with Gasteiger partial charge in [0.25, 0.3) is 5.91 Å². The van der Waals surface area contributed by atoms with Gasteiger partial charge in [-0.15, -0.1) is 11.3 Å². The van der Waals surface area contributed by atoms with Gasteiger partial charge in [0.05, 0.1) is 23.4 Å². The molecule has 0 bridgehead atoms. The monoisotopic (exact) mass is 316 g/mol. The fourth-order valence-electron chi connectivity index (χ4n) is 2.90. The van der Waals surface area contributed by atoms with E-state index in [1.165, 1.54) is 11.3 Å². The van der Waals surface area contributed by atoms with E-state index in [1.807, 2.05) is 45.0 Å². The smallest absolute Gasteiger partial charge is 0.263 e.